The van der Waals surface area contributed by atoms with Crippen molar-refractivity contribution in [1.82, 2.24) is 0 Å². The standard InChI is InChI=1S/C27H24N2O3/c30-27(28-23-13-7-15-25(17-23)31-19-21-9-3-1-4-10-21)29-24-14-8-16-26(18-24)32-20-22-11-5-2-6-12-22/h1-18H,19-20H2,(H2,28,29,30). The second kappa shape index (κ2) is 10.7. The van der Waals surface area contributed by atoms with Gasteiger partial charge in [0.05, 0.1) is 0 Å². The first-order valence-electron chi connectivity index (χ1n) is 10.4. The first-order valence-corrected chi connectivity index (χ1v) is 10.4. The fourth-order valence-corrected chi connectivity index (χ4v) is 3.10. The Balaban J connectivity index is 1.30. The Kier molecular flexibility index (Phi) is 7.01. The summed E-state index contributed by atoms with van der Waals surface area (Å²) in [6.45, 7) is 0.929. The van der Waals surface area contributed by atoms with Crippen LogP contribution in [0, 0.1) is 0 Å². The number of amides is 2. The molecule has 0 unspecified atom stereocenters. The molecule has 0 fully saturated rings. The molecule has 0 aromatic heterocycles. The molecule has 5 nitrogen and oxygen atoms in total. The zero-order chi connectivity index (χ0) is 22.0. The molecule has 4 aromatic carbocycles. The Hall–Kier alpha value is -4.25. The monoisotopic (exact) mass is 424 g/mol. The first kappa shape index (κ1) is 21.0. The van der Waals surface area contributed by atoms with E-state index >= 15 is 0 Å². The minimum atomic E-state index is -0.342. The van der Waals surface area contributed by atoms with E-state index in [-0.39, 0.29) is 6.03 Å². The molecule has 2 amide bonds. The van der Waals surface area contributed by atoms with Crippen molar-refractivity contribution in [2.24, 2.45) is 0 Å². The number of rotatable bonds is 8. The van der Waals surface area contributed by atoms with Gasteiger partial charge in [0.25, 0.3) is 0 Å². The maximum atomic E-state index is 12.5. The molecule has 0 bridgehead atoms. The number of carbonyl (C=O) groups is 1. The predicted octanol–water partition coefficient (Wildman–Crippen LogP) is 6.49. The van der Waals surface area contributed by atoms with Crippen LogP contribution in [0.1, 0.15) is 11.1 Å². The molecule has 2 N–H and O–H groups in total. The highest BCUT2D eigenvalue weighted by atomic mass is 16.5. The summed E-state index contributed by atoms with van der Waals surface area (Å²) in [4.78, 5) is 12.5. The molecule has 0 aliphatic heterocycles. The van der Waals surface area contributed by atoms with Crippen LogP contribution in [-0.4, -0.2) is 6.03 Å². The van der Waals surface area contributed by atoms with Gasteiger partial charge in [-0.2, -0.15) is 0 Å². The van der Waals surface area contributed by atoms with Crippen LogP contribution in [0.3, 0.4) is 0 Å². The molecule has 0 saturated carbocycles. The zero-order valence-corrected chi connectivity index (χ0v) is 17.5. The van der Waals surface area contributed by atoms with E-state index in [2.05, 4.69) is 10.6 Å². The lowest BCUT2D eigenvalue weighted by atomic mass is 10.2. The molecule has 0 aliphatic rings. The van der Waals surface area contributed by atoms with Crippen molar-refractivity contribution in [1.29, 1.82) is 0 Å². The topological polar surface area (TPSA) is 59.6 Å². The molecule has 4 aromatic rings. The van der Waals surface area contributed by atoms with Crippen molar-refractivity contribution in [3.05, 3.63) is 120 Å². The van der Waals surface area contributed by atoms with E-state index in [1.165, 1.54) is 0 Å². The molecule has 160 valence electrons. The van der Waals surface area contributed by atoms with Crippen molar-refractivity contribution in [3.8, 4) is 11.5 Å². The lowest BCUT2D eigenvalue weighted by molar-refractivity contribution is 0.262. The molecule has 5 heteroatoms. The Morgan fingerprint density at radius 1 is 0.562 bits per heavy atom. The third kappa shape index (κ3) is 6.37. The smallest absolute Gasteiger partial charge is 0.323 e. The van der Waals surface area contributed by atoms with E-state index in [4.69, 9.17) is 9.47 Å². The Morgan fingerprint density at radius 2 is 1.00 bits per heavy atom. The van der Waals surface area contributed by atoms with Crippen LogP contribution in [0.25, 0.3) is 0 Å². The van der Waals surface area contributed by atoms with Crippen LogP contribution >= 0.6 is 0 Å². The summed E-state index contributed by atoms with van der Waals surface area (Å²) in [6.07, 6.45) is 0. The fraction of sp³-hybridized carbons (Fsp3) is 0.0741. The number of ether oxygens (including phenoxy) is 2. The van der Waals surface area contributed by atoms with E-state index < -0.39 is 0 Å². The van der Waals surface area contributed by atoms with Gasteiger partial charge in [0.1, 0.15) is 24.7 Å². The number of hydrogen-bond acceptors (Lipinski definition) is 3. The van der Waals surface area contributed by atoms with Gasteiger partial charge in [-0.05, 0) is 35.4 Å². The molecular formula is C27H24N2O3. The Morgan fingerprint density at radius 3 is 1.44 bits per heavy atom. The molecular weight excluding hydrogens is 400 g/mol. The third-order valence-corrected chi connectivity index (χ3v) is 4.68. The highest BCUT2D eigenvalue weighted by Crippen LogP contribution is 2.21. The van der Waals surface area contributed by atoms with Gasteiger partial charge in [-0.1, -0.05) is 72.8 Å². The average Bonchev–Trinajstić information content (AvgIpc) is 2.83. The molecule has 0 heterocycles. The number of urea groups is 1. The number of hydrogen-bond donors (Lipinski definition) is 2. The summed E-state index contributed by atoms with van der Waals surface area (Å²) in [5.41, 5.74) is 3.45. The van der Waals surface area contributed by atoms with Crippen LogP contribution in [0.15, 0.2) is 109 Å². The zero-order valence-electron chi connectivity index (χ0n) is 17.5. The Labute approximate surface area is 187 Å². The van der Waals surface area contributed by atoms with Crippen LogP contribution < -0.4 is 20.1 Å². The van der Waals surface area contributed by atoms with E-state index in [9.17, 15) is 4.79 Å². The van der Waals surface area contributed by atoms with Gasteiger partial charge < -0.3 is 20.1 Å². The van der Waals surface area contributed by atoms with E-state index in [1.54, 1.807) is 12.1 Å². The largest absolute Gasteiger partial charge is 0.489 e. The van der Waals surface area contributed by atoms with Crippen molar-refractivity contribution < 1.29 is 14.3 Å². The lowest BCUT2D eigenvalue weighted by Crippen LogP contribution is -2.19. The summed E-state index contributed by atoms with van der Waals surface area (Å²) >= 11 is 0. The van der Waals surface area contributed by atoms with Crippen LogP contribution in [-0.2, 0) is 13.2 Å². The number of carbonyl (C=O) groups excluding carboxylic acids is 1. The third-order valence-electron chi connectivity index (χ3n) is 4.68. The quantitative estimate of drug-likeness (QED) is 0.340. The predicted molar refractivity (Wildman–Crippen MR) is 127 cm³/mol. The van der Waals surface area contributed by atoms with Gasteiger partial charge in [-0.3, -0.25) is 0 Å². The summed E-state index contributed by atoms with van der Waals surface area (Å²) < 4.78 is 11.6. The summed E-state index contributed by atoms with van der Waals surface area (Å²) in [5.74, 6) is 1.37. The number of benzene rings is 4. The molecule has 0 spiro atoms. The fourth-order valence-electron chi connectivity index (χ4n) is 3.10. The van der Waals surface area contributed by atoms with Gasteiger partial charge in [0.2, 0.25) is 0 Å². The second-order valence-electron chi connectivity index (χ2n) is 7.18. The highest BCUT2D eigenvalue weighted by Gasteiger charge is 2.06. The highest BCUT2D eigenvalue weighted by molar-refractivity contribution is 5.99. The summed E-state index contributed by atoms with van der Waals surface area (Å²) in [5, 5.41) is 5.67. The maximum absolute atomic E-state index is 12.5. The maximum Gasteiger partial charge on any atom is 0.323 e. The van der Waals surface area contributed by atoms with Crippen LogP contribution in [0.2, 0.25) is 0 Å². The Bertz CT molecular complexity index is 1060. The molecule has 0 radical (unpaired) electrons. The molecule has 4 rings (SSSR count). The van der Waals surface area contributed by atoms with Gasteiger partial charge in [0, 0.05) is 23.5 Å². The molecule has 32 heavy (non-hydrogen) atoms. The van der Waals surface area contributed by atoms with Crippen molar-refractivity contribution in [2.45, 2.75) is 13.2 Å². The van der Waals surface area contributed by atoms with Gasteiger partial charge >= 0.3 is 6.03 Å². The van der Waals surface area contributed by atoms with E-state index in [1.807, 2.05) is 97.1 Å². The van der Waals surface area contributed by atoms with Crippen LogP contribution in [0.4, 0.5) is 16.2 Å². The molecule has 0 aliphatic carbocycles. The molecule has 0 saturated heterocycles. The normalized spacial score (nSPS) is 10.2. The lowest BCUT2D eigenvalue weighted by Gasteiger charge is -2.11. The summed E-state index contributed by atoms with van der Waals surface area (Å²) in [7, 11) is 0. The first-order chi connectivity index (χ1) is 15.7. The minimum absolute atomic E-state index is 0.342. The SMILES string of the molecule is O=C(Nc1cccc(OCc2ccccc2)c1)Nc1cccc(OCc2ccccc2)c1. The van der Waals surface area contributed by atoms with Gasteiger partial charge in [-0.15, -0.1) is 0 Å². The van der Waals surface area contributed by atoms with E-state index in [0.717, 1.165) is 11.1 Å². The van der Waals surface area contributed by atoms with Gasteiger partial charge in [-0.25, -0.2) is 4.79 Å². The van der Waals surface area contributed by atoms with Gasteiger partial charge in [0.15, 0.2) is 0 Å². The van der Waals surface area contributed by atoms with Crippen molar-refractivity contribution in [2.75, 3.05) is 10.6 Å². The second-order valence-corrected chi connectivity index (χ2v) is 7.18. The minimum Gasteiger partial charge on any atom is -0.489 e. The number of nitrogens with one attached hydrogen (secondary N) is 2. The van der Waals surface area contributed by atoms with Crippen molar-refractivity contribution >= 4 is 17.4 Å². The van der Waals surface area contributed by atoms with Crippen LogP contribution in [0.5, 0.6) is 11.5 Å². The van der Waals surface area contributed by atoms with Crippen molar-refractivity contribution in [3.63, 3.8) is 0 Å². The molecule has 0 atom stereocenters. The average molecular weight is 425 g/mol. The summed E-state index contributed by atoms with van der Waals surface area (Å²) in [6, 6.07) is 34.1. The van der Waals surface area contributed by atoms with E-state index in [0.29, 0.717) is 36.1 Å². The number of anilines is 2.